The van der Waals surface area contributed by atoms with Crippen LogP contribution in [0.2, 0.25) is 0 Å². The van der Waals surface area contributed by atoms with E-state index in [9.17, 15) is 0 Å². The maximum atomic E-state index is 5.12. The van der Waals surface area contributed by atoms with Gasteiger partial charge in [-0.25, -0.2) is 19.9 Å². The Morgan fingerprint density at radius 2 is 0.820 bits per heavy atom. The van der Waals surface area contributed by atoms with E-state index in [1.165, 1.54) is 10.8 Å². The van der Waals surface area contributed by atoms with E-state index in [0.29, 0.717) is 17.5 Å². The van der Waals surface area contributed by atoms with Crippen LogP contribution in [0.1, 0.15) is 0 Å². The van der Waals surface area contributed by atoms with Crippen LogP contribution in [0, 0.1) is 0 Å². The Balaban J connectivity index is 1.18. The van der Waals surface area contributed by atoms with Crippen LogP contribution in [0.15, 0.2) is 182 Å². The molecule has 0 saturated heterocycles. The summed E-state index contributed by atoms with van der Waals surface area (Å²) in [6.07, 6.45) is 0. The number of hydrogen-bond acceptors (Lipinski definition) is 4. The van der Waals surface area contributed by atoms with Crippen molar-refractivity contribution in [1.82, 2.24) is 19.9 Å². The lowest BCUT2D eigenvalue weighted by Gasteiger charge is -2.14. The second kappa shape index (κ2) is 12.7. The van der Waals surface area contributed by atoms with E-state index in [0.717, 1.165) is 61.1 Å². The van der Waals surface area contributed by atoms with Gasteiger partial charge in [0.15, 0.2) is 17.5 Å². The molecule has 2 heterocycles. The number of hydrogen-bond donors (Lipinski definition) is 0. The summed E-state index contributed by atoms with van der Waals surface area (Å²) < 4.78 is 0. The zero-order valence-electron chi connectivity index (χ0n) is 27.1. The Morgan fingerprint density at radius 3 is 1.52 bits per heavy atom. The number of nitrogens with zero attached hydrogens (tertiary/aromatic N) is 4. The Hall–Kier alpha value is -6.78. The minimum absolute atomic E-state index is 0.625. The number of rotatable bonds is 6. The maximum Gasteiger partial charge on any atom is 0.164 e. The van der Waals surface area contributed by atoms with E-state index in [1.54, 1.807) is 0 Å². The van der Waals surface area contributed by atoms with Crippen molar-refractivity contribution < 1.29 is 0 Å². The molecule has 7 aromatic carbocycles. The van der Waals surface area contributed by atoms with Crippen molar-refractivity contribution in [1.29, 1.82) is 0 Å². The van der Waals surface area contributed by atoms with Crippen LogP contribution in [-0.2, 0) is 0 Å². The second-order valence-corrected chi connectivity index (χ2v) is 12.3. The van der Waals surface area contributed by atoms with Crippen molar-refractivity contribution >= 4 is 21.7 Å². The van der Waals surface area contributed by atoms with Crippen LogP contribution in [0.3, 0.4) is 0 Å². The van der Waals surface area contributed by atoms with Gasteiger partial charge in [0.25, 0.3) is 0 Å². The predicted molar refractivity (Wildman–Crippen MR) is 205 cm³/mol. The average molecular weight is 639 g/mol. The molecule has 50 heavy (non-hydrogen) atoms. The lowest BCUT2D eigenvalue weighted by Crippen LogP contribution is -2.00. The standard InChI is InChI=1S/C46H30N4/c1-4-13-31(14-5-1)37-20-12-21-38(29-37)46-49-44(35-18-8-3-9-19-35)48-45(50-46)36-25-23-33(24-26-36)40-30-42(34-16-6-2-7-17-34)47-41-28-27-32-15-10-11-22-39(32)43(40)41/h1-30H. The van der Waals surface area contributed by atoms with E-state index in [-0.39, 0.29) is 0 Å². The molecule has 0 aliphatic heterocycles. The fraction of sp³-hybridized carbons (Fsp3) is 0. The lowest BCUT2D eigenvalue weighted by molar-refractivity contribution is 1.07. The smallest absolute Gasteiger partial charge is 0.164 e. The van der Waals surface area contributed by atoms with Crippen LogP contribution in [0.4, 0.5) is 0 Å². The van der Waals surface area contributed by atoms with E-state index in [4.69, 9.17) is 19.9 Å². The fourth-order valence-electron chi connectivity index (χ4n) is 6.61. The first-order chi connectivity index (χ1) is 24.8. The molecular weight excluding hydrogens is 609 g/mol. The first-order valence-electron chi connectivity index (χ1n) is 16.7. The Morgan fingerprint density at radius 1 is 0.300 bits per heavy atom. The first-order valence-corrected chi connectivity index (χ1v) is 16.7. The normalized spacial score (nSPS) is 11.2. The van der Waals surface area contributed by atoms with Gasteiger partial charge in [-0.15, -0.1) is 0 Å². The van der Waals surface area contributed by atoms with Crippen molar-refractivity contribution in [3.05, 3.63) is 182 Å². The molecule has 0 atom stereocenters. The Kier molecular flexibility index (Phi) is 7.45. The van der Waals surface area contributed by atoms with Gasteiger partial charge < -0.3 is 0 Å². The summed E-state index contributed by atoms with van der Waals surface area (Å²) in [6.45, 7) is 0. The quantitative estimate of drug-likeness (QED) is 0.170. The van der Waals surface area contributed by atoms with E-state index >= 15 is 0 Å². The van der Waals surface area contributed by atoms with Gasteiger partial charge in [-0.3, -0.25) is 0 Å². The molecule has 0 bridgehead atoms. The molecule has 234 valence electrons. The average Bonchev–Trinajstić information content (AvgIpc) is 3.21. The molecule has 0 aliphatic rings. The molecule has 9 rings (SSSR count). The van der Waals surface area contributed by atoms with Gasteiger partial charge in [0.2, 0.25) is 0 Å². The van der Waals surface area contributed by atoms with Crippen molar-refractivity contribution in [2.45, 2.75) is 0 Å². The monoisotopic (exact) mass is 638 g/mol. The summed E-state index contributed by atoms with van der Waals surface area (Å²) in [5.74, 6) is 1.90. The van der Waals surface area contributed by atoms with Crippen LogP contribution < -0.4 is 0 Å². The number of benzene rings is 7. The Labute approximate surface area is 290 Å². The minimum atomic E-state index is 0.625. The zero-order valence-corrected chi connectivity index (χ0v) is 27.1. The number of aromatic nitrogens is 4. The highest BCUT2D eigenvalue weighted by atomic mass is 15.0. The van der Waals surface area contributed by atoms with Gasteiger partial charge in [-0.05, 0) is 51.2 Å². The molecule has 0 amide bonds. The van der Waals surface area contributed by atoms with Gasteiger partial charge in [0.1, 0.15) is 0 Å². The molecule has 9 aromatic rings. The van der Waals surface area contributed by atoms with Crippen LogP contribution in [0.25, 0.3) is 89.4 Å². The van der Waals surface area contributed by atoms with Crippen LogP contribution >= 0.6 is 0 Å². The largest absolute Gasteiger partial charge is 0.248 e. The number of pyridine rings is 1. The van der Waals surface area contributed by atoms with E-state index < -0.39 is 0 Å². The Bertz CT molecular complexity index is 2620. The van der Waals surface area contributed by atoms with Gasteiger partial charge in [0, 0.05) is 27.6 Å². The molecule has 0 aliphatic carbocycles. The molecule has 2 aromatic heterocycles. The van der Waals surface area contributed by atoms with Crippen molar-refractivity contribution in [3.63, 3.8) is 0 Å². The topological polar surface area (TPSA) is 51.6 Å². The number of fused-ring (bicyclic) bond motifs is 3. The van der Waals surface area contributed by atoms with E-state index in [1.807, 2.05) is 42.5 Å². The molecular formula is C46H30N4. The molecule has 0 radical (unpaired) electrons. The third-order valence-electron chi connectivity index (χ3n) is 9.12. The second-order valence-electron chi connectivity index (χ2n) is 12.3. The van der Waals surface area contributed by atoms with Crippen LogP contribution in [-0.4, -0.2) is 19.9 Å². The molecule has 0 fully saturated rings. The molecule has 4 heteroatoms. The van der Waals surface area contributed by atoms with E-state index in [2.05, 4.69) is 140 Å². The third kappa shape index (κ3) is 5.59. The van der Waals surface area contributed by atoms with Crippen molar-refractivity contribution in [3.8, 4) is 67.7 Å². The summed E-state index contributed by atoms with van der Waals surface area (Å²) in [5, 5.41) is 3.51. The first kappa shape index (κ1) is 29.4. The summed E-state index contributed by atoms with van der Waals surface area (Å²) >= 11 is 0. The highest BCUT2D eigenvalue weighted by molar-refractivity contribution is 6.13. The van der Waals surface area contributed by atoms with Gasteiger partial charge in [-0.1, -0.05) is 164 Å². The van der Waals surface area contributed by atoms with Crippen LogP contribution in [0.5, 0.6) is 0 Å². The zero-order chi connectivity index (χ0) is 33.3. The van der Waals surface area contributed by atoms with Crippen molar-refractivity contribution in [2.75, 3.05) is 0 Å². The molecule has 0 unspecified atom stereocenters. The lowest BCUT2D eigenvalue weighted by atomic mass is 9.94. The molecule has 0 spiro atoms. The van der Waals surface area contributed by atoms with Crippen molar-refractivity contribution in [2.24, 2.45) is 0 Å². The molecule has 0 saturated carbocycles. The highest BCUT2D eigenvalue weighted by Crippen LogP contribution is 2.37. The molecule has 0 N–H and O–H groups in total. The van der Waals surface area contributed by atoms with Gasteiger partial charge >= 0.3 is 0 Å². The van der Waals surface area contributed by atoms with Gasteiger partial charge in [0.05, 0.1) is 11.2 Å². The fourth-order valence-corrected chi connectivity index (χ4v) is 6.61. The molecule has 4 nitrogen and oxygen atoms in total. The van der Waals surface area contributed by atoms with Gasteiger partial charge in [-0.2, -0.15) is 0 Å². The third-order valence-corrected chi connectivity index (χ3v) is 9.12. The summed E-state index contributed by atoms with van der Waals surface area (Å²) in [6, 6.07) is 62.8. The summed E-state index contributed by atoms with van der Waals surface area (Å²) in [5.41, 5.74) is 10.3. The minimum Gasteiger partial charge on any atom is -0.248 e. The summed E-state index contributed by atoms with van der Waals surface area (Å²) in [4.78, 5) is 20.1. The maximum absolute atomic E-state index is 5.12. The predicted octanol–water partition coefficient (Wildman–Crippen LogP) is 11.6. The summed E-state index contributed by atoms with van der Waals surface area (Å²) in [7, 11) is 0. The SMILES string of the molecule is c1ccc(-c2cccc(-c3nc(-c4ccccc4)nc(-c4ccc(-c5cc(-c6ccccc6)nc6ccc7ccccc7c56)cc4)n3)c2)cc1. The highest BCUT2D eigenvalue weighted by Gasteiger charge is 2.16.